The second-order valence-electron chi connectivity index (χ2n) is 8.66. The smallest absolute Gasteiger partial charge is 0.248 e. The number of piperazine rings is 1. The average molecular weight is 442 g/mol. The Morgan fingerprint density at radius 3 is 2.33 bits per heavy atom. The third-order valence-electron chi connectivity index (χ3n) is 6.63. The Balaban J connectivity index is 1.49. The highest BCUT2D eigenvalue weighted by Gasteiger charge is 2.18. The monoisotopic (exact) mass is 441 g/mol. The molecule has 0 spiro atoms. The van der Waals surface area contributed by atoms with Gasteiger partial charge >= 0.3 is 0 Å². The molecule has 3 aromatic heterocycles. The van der Waals surface area contributed by atoms with Gasteiger partial charge in [0.2, 0.25) is 11.9 Å². The van der Waals surface area contributed by atoms with Crippen molar-refractivity contribution in [3.05, 3.63) is 59.7 Å². The van der Waals surface area contributed by atoms with Gasteiger partial charge in [0.05, 0.1) is 0 Å². The van der Waals surface area contributed by atoms with Crippen molar-refractivity contribution in [2.45, 2.75) is 13.8 Å². The second-order valence-corrected chi connectivity index (χ2v) is 8.66. The van der Waals surface area contributed by atoms with Crippen LogP contribution in [0.5, 0.6) is 0 Å². The number of nitrogens with one attached hydrogen (secondary N) is 1. The van der Waals surface area contributed by atoms with E-state index in [0.717, 1.165) is 76.5 Å². The molecule has 1 amide bonds. The van der Waals surface area contributed by atoms with Gasteiger partial charge in [0.25, 0.3) is 0 Å². The predicted octanol–water partition coefficient (Wildman–Crippen LogP) is 3.15. The number of nitrogens with two attached hydrogens (primary N) is 1. The Morgan fingerprint density at radius 2 is 1.64 bits per heavy atom. The molecule has 8 heteroatoms. The number of carbonyl (C=O) groups excluding carboxylic acids is 1. The molecule has 8 nitrogen and oxygen atoms in total. The molecular weight excluding hydrogens is 414 g/mol. The molecule has 0 aliphatic carbocycles. The number of rotatable bonds is 4. The van der Waals surface area contributed by atoms with Gasteiger partial charge in [-0.3, -0.25) is 4.79 Å². The van der Waals surface area contributed by atoms with Gasteiger partial charge in [0, 0.05) is 78.6 Å². The quantitative estimate of drug-likeness (QED) is 0.504. The van der Waals surface area contributed by atoms with Crippen molar-refractivity contribution in [2.75, 3.05) is 38.1 Å². The van der Waals surface area contributed by atoms with Crippen LogP contribution in [0.3, 0.4) is 0 Å². The number of likely N-dealkylation sites (N-methyl/N-ethyl adjacent to an activating group) is 1. The standard InChI is InChI=1S/C25H27N7O/c1-15-16(2)20(23(26)33)5-4-19(15)22-14-28-24-21(22)10-17(11-27-24)18-12-29-25(30-13-18)32-8-6-31(3)7-9-32/h4-5,10-14H,6-9H2,1-3H3,(H2,26,33)(H,27,28). The number of aromatic nitrogens is 4. The minimum Gasteiger partial charge on any atom is -0.366 e. The number of primary amides is 1. The fourth-order valence-corrected chi connectivity index (χ4v) is 4.40. The molecule has 0 unspecified atom stereocenters. The van der Waals surface area contributed by atoms with E-state index in [9.17, 15) is 4.79 Å². The highest BCUT2D eigenvalue weighted by molar-refractivity contribution is 5.99. The zero-order valence-corrected chi connectivity index (χ0v) is 19.1. The lowest BCUT2D eigenvalue weighted by atomic mass is 9.93. The fourth-order valence-electron chi connectivity index (χ4n) is 4.40. The highest BCUT2D eigenvalue weighted by atomic mass is 16.1. The normalized spacial score (nSPS) is 14.7. The Hall–Kier alpha value is -3.78. The number of aromatic amines is 1. The summed E-state index contributed by atoms with van der Waals surface area (Å²) in [6, 6.07) is 5.85. The maximum atomic E-state index is 11.7. The van der Waals surface area contributed by atoms with E-state index in [2.05, 4.69) is 42.8 Å². The van der Waals surface area contributed by atoms with Crippen molar-refractivity contribution in [3.8, 4) is 22.3 Å². The lowest BCUT2D eigenvalue weighted by Crippen LogP contribution is -2.45. The van der Waals surface area contributed by atoms with E-state index in [1.54, 1.807) is 6.07 Å². The van der Waals surface area contributed by atoms with Crippen LogP contribution >= 0.6 is 0 Å². The predicted molar refractivity (Wildman–Crippen MR) is 130 cm³/mol. The molecule has 33 heavy (non-hydrogen) atoms. The maximum Gasteiger partial charge on any atom is 0.248 e. The summed E-state index contributed by atoms with van der Waals surface area (Å²) in [6.07, 6.45) is 7.53. The summed E-state index contributed by atoms with van der Waals surface area (Å²) < 4.78 is 0. The van der Waals surface area contributed by atoms with E-state index in [4.69, 9.17) is 5.73 Å². The number of amides is 1. The van der Waals surface area contributed by atoms with E-state index < -0.39 is 5.91 Å². The van der Waals surface area contributed by atoms with Crippen LogP contribution in [0.25, 0.3) is 33.3 Å². The Kier molecular flexibility index (Phi) is 5.30. The number of hydrogen-bond acceptors (Lipinski definition) is 6. The SMILES string of the molecule is Cc1c(C(N)=O)ccc(-c2c[nH]c3ncc(-c4cnc(N5CCN(C)CC5)nc4)cc23)c1C. The minimum atomic E-state index is -0.412. The minimum absolute atomic E-state index is 0.412. The summed E-state index contributed by atoms with van der Waals surface area (Å²) >= 11 is 0. The van der Waals surface area contributed by atoms with Gasteiger partial charge < -0.3 is 20.5 Å². The van der Waals surface area contributed by atoms with Crippen LogP contribution in [0.1, 0.15) is 21.5 Å². The number of hydrogen-bond donors (Lipinski definition) is 2. The summed E-state index contributed by atoms with van der Waals surface area (Å²) in [7, 11) is 2.13. The first-order valence-electron chi connectivity index (χ1n) is 11.1. The van der Waals surface area contributed by atoms with E-state index in [0.29, 0.717) is 5.56 Å². The van der Waals surface area contributed by atoms with Crippen molar-refractivity contribution < 1.29 is 4.79 Å². The van der Waals surface area contributed by atoms with Crippen LogP contribution in [0.4, 0.5) is 5.95 Å². The van der Waals surface area contributed by atoms with Gasteiger partial charge in [-0.1, -0.05) is 6.07 Å². The van der Waals surface area contributed by atoms with Crippen molar-refractivity contribution >= 4 is 22.9 Å². The van der Waals surface area contributed by atoms with Gasteiger partial charge in [-0.25, -0.2) is 15.0 Å². The molecule has 0 radical (unpaired) electrons. The number of benzene rings is 1. The van der Waals surface area contributed by atoms with E-state index in [1.807, 2.05) is 44.7 Å². The van der Waals surface area contributed by atoms with Crippen LogP contribution in [-0.2, 0) is 0 Å². The zero-order chi connectivity index (χ0) is 23.1. The first-order valence-corrected chi connectivity index (χ1v) is 11.1. The van der Waals surface area contributed by atoms with Crippen molar-refractivity contribution in [1.29, 1.82) is 0 Å². The number of H-pyrrole nitrogens is 1. The second kappa shape index (κ2) is 8.29. The molecule has 0 bridgehead atoms. The molecule has 0 atom stereocenters. The molecule has 1 fully saturated rings. The molecule has 1 aliphatic rings. The van der Waals surface area contributed by atoms with Crippen LogP contribution < -0.4 is 10.6 Å². The van der Waals surface area contributed by atoms with E-state index in [-0.39, 0.29) is 0 Å². The number of carbonyl (C=O) groups is 1. The average Bonchev–Trinajstić information content (AvgIpc) is 3.24. The number of nitrogens with zero attached hydrogens (tertiary/aromatic N) is 5. The molecule has 4 aromatic rings. The summed E-state index contributed by atoms with van der Waals surface area (Å²) in [5.74, 6) is 0.355. The van der Waals surface area contributed by atoms with E-state index in [1.165, 1.54) is 0 Å². The molecule has 5 rings (SSSR count). The lowest BCUT2D eigenvalue weighted by molar-refractivity contribution is 0.0999. The topological polar surface area (TPSA) is 104 Å². The molecular formula is C25H27N7O. The lowest BCUT2D eigenvalue weighted by Gasteiger charge is -2.32. The molecule has 168 valence electrons. The van der Waals surface area contributed by atoms with Gasteiger partial charge in [-0.2, -0.15) is 0 Å². The zero-order valence-electron chi connectivity index (χ0n) is 19.1. The van der Waals surface area contributed by atoms with Crippen LogP contribution in [0.15, 0.2) is 43.0 Å². The maximum absolute atomic E-state index is 11.7. The van der Waals surface area contributed by atoms with E-state index >= 15 is 0 Å². The van der Waals surface area contributed by atoms with Crippen molar-refractivity contribution in [1.82, 2.24) is 24.8 Å². The Morgan fingerprint density at radius 1 is 0.939 bits per heavy atom. The number of fused-ring (bicyclic) bond motifs is 1. The van der Waals surface area contributed by atoms with Crippen molar-refractivity contribution in [3.63, 3.8) is 0 Å². The van der Waals surface area contributed by atoms with Crippen LogP contribution in [0.2, 0.25) is 0 Å². The number of pyridine rings is 1. The first-order chi connectivity index (χ1) is 15.9. The van der Waals surface area contributed by atoms with Gasteiger partial charge in [0.1, 0.15) is 5.65 Å². The first kappa shape index (κ1) is 21.1. The molecule has 3 N–H and O–H groups in total. The fraction of sp³-hybridized carbons (Fsp3) is 0.280. The molecule has 4 heterocycles. The molecule has 1 aromatic carbocycles. The largest absolute Gasteiger partial charge is 0.366 e. The molecule has 1 saturated heterocycles. The van der Waals surface area contributed by atoms with Gasteiger partial charge in [-0.15, -0.1) is 0 Å². The van der Waals surface area contributed by atoms with Gasteiger partial charge in [-0.05, 0) is 49.7 Å². The summed E-state index contributed by atoms with van der Waals surface area (Å²) in [5.41, 5.74) is 12.7. The third-order valence-corrected chi connectivity index (χ3v) is 6.63. The Labute approximate surface area is 192 Å². The van der Waals surface area contributed by atoms with Crippen LogP contribution in [0, 0.1) is 13.8 Å². The summed E-state index contributed by atoms with van der Waals surface area (Å²) in [4.78, 5) is 33.4. The third kappa shape index (κ3) is 3.82. The Bertz CT molecular complexity index is 1340. The molecule has 1 aliphatic heterocycles. The number of anilines is 1. The molecule has 0 saturated carbocycles. The highest BCUT2D eigenvalue weighted by Crippen LogP contribution is 2.34. The summed E-state index contributed by atoms with van der Waals surface area (Å²) in [6.45, 7) is 7.84. The van der Waals surface area contributed by atoms with Crippen molar-refractivity contribution in [2.24, 2.45) is 5.73 Å². The van der Waals surface area contributed by atoms with Crippen LogP contribution in [-0.4, -0.2) is 64.0 Å². The summed E-state index contributed by atoms with van der Waals surface area (Å²) in [5, 5.41) is 1.00. The van der Waals surface area contributed by atoms with Gasteiger partial charge in [0.15, 0.2) is 0 Å².